The largest absolute Gasteiger partial charge is 0.478 e. The first-order valence-corrected chi connectivity index (χ1v) is 9.94. The highest BCUT2D eigenvalue weighted by atomic mass is 32.2. The number of benzene rings is 2. The summed E-state index contributed by atoms with van der Waals surface area (Å²) in [6, 6.07) is 12.1. The third-order valence-electron chi connectivity index (χ3n) is 4.54. The van der Waals surface area contributed by atoms with Gasteiger partial charge in [-0.05, 0) is 30.3 Å². The number of aromatic nitrogens is 4. The first-order chi connectivity index (χ1) is 14.6. The van der Waals surface area contributed by atoms with Gasteiger partial charge in [0, 0.05) is 16.1 Å². The number of hydrogen-bond acceptors (Lipinski definition) is 7. The second-order valence-corrected chi connectivity index (χ2v) is 7.60. The summed E-state index contributed by atoms with van der Waals surface area (Å²) in [6.45, 7) is 0. The Labute approximate surface area is 173 Å². The number of anilines is 3. The monoisotopic (exact) mass is 418 g/mol. The highest BCUT2D eigenvalue weighted by Gasteiger charge is 2.17. The quantitative estimate of drug-likeness (QED) is 0.396. The molecule has 9 nitrogen and oxygen atoms in total. The van der Waals surface area contributed by atoms with Crippen molar-refractivity contribution >= 4 is 51.9 Å². The van der Waals surface area contributed by atoms with Crippen molar-refractivity contribution in [2.24, 2.45) is 0 Å². The summed E-state index contributed by atoms with van der Waals surface area (Å²) in [5.41, 5.74) is 3.41. The second-order valence-electron chi connectivity index (χ2n) is 6.58. The number of rotatable bonds is 4. The molecule has 3 heterocycles. The number of fused-ring (bicyclic) bond motifs is 2. The van der Waals surface area contributed by atoms with Gasteiger partial charge in [-0.25, -0.2) is 14.8 Å². The molecule has 1 aliphatic rings. The molecule has 0 aliphatic carbocycles. The normalized spacial score (nSPS) is 13.0. The van der Waals surface area contributed by atoms with E-state index >= 15 is 0 Å². The average molecular weight is 418 g/mol. The molecule has 2 aromatic carbocycles. The van der Waals surface area contributed by atoms with E-state index in [1.54, 1.807) is 18.3 Å². The molecule has 0 bridgehead atoms. The minimum absolute atomic E-state index is 0.0387. The molecule has 5 rings (SSSR count). The fraction of sp³-hybridized carbons (Fsp3) is 0.0500. The number of hydrogen-bond donors (Lipinski definition) is 4. The molecule has 30 heavy (non-hydrogen) atoms. The molecule has 0 radical (unpaired) electrons. The van der Waals surface area contributed by atoms with Gasteiger partial charge in [0.25, 0.3) is 0 Å². The lowest BCUT2D eigenvalue weighted by atomic mass is 10.1. The molecule has 0 saturated carbocycles. The molecular weight excluding hydrogens is 404 g/mol. The van der Waals surface area contributed by atoms with E-state index in [-0.39, 0.29) is 11.5 Å². The molecule has 4 aromatic rings. The Morgan fingerprint density at radius 1 is 1.17 bits per heavy atom. The number of carbonyl (C=O) groups is 2. The zero-order chi connectivity index (χ0) is 20.7. The summed E-state index contributed by atoms with van der Waals surface area (Å²) >= 11 is 1.49. The number of nitrogens with zero attached hydrogens (tertiary/aromatic N) is 3. The molecule has 2 aromatic heterocycles. The number of carbonyl (C=O) groups excluding carboxylic acids is 1. The van der Waals surface area contributed by atoms with Crippen molar-refractivity contribution in [1.82, 2.24) is 20.2 Å². The van der Waals surface area contributed by atoms with E-state index in [9.17, 15) is 14.7 Å². The van der Waals surface area contributed by atoms with Gasteiger partial charge in [-0.2, -0.15) is 5.10 Å². The van der Waals surface area contributed by atoms with Crippen LogP contribution in [0, 0.1) is 0 Å². The fourth-order valence-electron chi connectivity index (χ4n) is 3.15. The van der Waals surface area contributed by atoms with Crippen molar-refractivity contribution in [3.8, 4) is 11.4 Å². The standard InChI is InChI=1S/C20H14N6O3S/c27-16-9-30-15-5-4-12(7-13(15)23-16)22-19-17-14(8-21-26-17)24-18(25-19)10-2-1-3-11(6-10)20(28)29/h1-8H,9H2,(H,21,26)(H,23,27)(H,28,29)(H,22,24,25). The van der Waals surface area contributed by atoms with E-state index in [2.05, 4.69) is 30.8 Å². The molecule has 4 N–H and O–H groups in total. The summed E-state index contributed by atoms with van der Waals surface area (Å²) in [6.07, 6.45) is 1.58. The fourth-order valence-corrected chi connectivity index (χ4v) is 3.94. The highest BCUT2D eigenvalue weighted by molar-refractivity contribution is 8.00. The van der Waals surface area contributed by atoms with Gasteiger partial charge in [0.15, 0.2) is 11.6 Å². The van der Waals surface area contributed by atoms with Gasteiger partial charge in [-0.15, -0.1) is 11.8 Å². The lowest BCUT2D eigenvalue weighted by Gasteiger charge is -2.17. The van der Waals surface area contributed by atoms with Crippen LogP contribution < -0.4 is 10.6 Å². The minimum Gasteiger partial charge on any atom is -0.478 e. The maximum atomic E-state index is 11.7. The van der Waals surface area contributed by atoms with Crippen LogP contribution in [-0.4, -0.2) is 42.9 Å². The number of amides is 1. The first-order valence-electron chi connectivity index (χ1n) is 8.95. The van der Waals surface area contributed by atoms with E-state index < -0.39 is 5.97 Å². The van der Waals surface area contributed by atoms with Gasteiger partial charge in [0.1, 0.15) is 11.0 Å². The average Bonchev–Trinajstić information content (AvgIpc) is 3.22. The van der Waals surface area contributed by atoms with Crippen molar-refractivity contribution in [1.29, 1.82) is 0 Å². The van der Waals surface area contributed by atoms with Crippen LogP contribution in [0.2, 0.25) is 0 Å². The smallest absolute Gasteiger partial charge is 0.335 e. The van der Waals surface area contributed by atoms with Crippen LogP contribution in [0.25, 0.3) is 22.4 Å². The Balaban J connectivity index is 1.56. The van der Waals surface area contributed by atoms with E-state index in [4.69, 9.17) is 0 Å². The van der Waals surface area contributed by atoms with Gasteiger partial charge >= 0.3 is 5.97 Å². The van der Waals surface area contributed by atoms with E-state index in [1.165, 1.54) is 23.9 Å². The molecule has 1 amide bonds. The molecule has 0 spiro atoms. The van der Waals surface area contributed by atoms with Crippen molar-refractivity contribution in [2.75, 3.05) is 16.4 Å². The van der Waals surface area contributed by atoms with Crippen LogP contribution in [0.3, 0.4) is 0 Å². The van der Waals surface area contributed by atoms with Crippen molar-refractivity contribution in [3.63, 3.8) is 0 Å². The van der Waals surface area contributed by atoms with Crippen LogP contribution in [0.4, 0.5) is 17.2 Å². The number of aromatic amines is 1. The van der Waals surface area contributed by atoms with Gasteiger partial charge in [0.05, 0.1) is 23.2 Å². The van der Waals surface area contributed by atoms with Crippen molar-refractivity contribution in [3.05, 3.63) is 54.2 Å². The van der Waals surface area contributed by atoms with Crippen molar-refractivity contribution in [2.45, 2.75) is 4.90 Å². The lowest BCUT2D eigenvalue weighted by molar-refractivity contribution is -0.113. The molecule has 0 atom stereocenters. The molecular formula is C20H14N6O3S. The predicted molar refractivity (Wildman–Crippen MR) is 113 cm³/mol. The van der Waals surface area contributed by atoms with Crippen LogP contribution in [0.5, 0.6) is 0 Å². The summed E-state index contributed by atoms with van der Waals surface area (Å²) < 4.78 is 0. The Bertz CT molecular complexity index is 1320. The Kier molecular flexibility index (Phi) is 4.32. The summed E-state index contributed by atoms with van der Waals surface area (Å²) in [4.78, 5) is 33.1. The summed E-state index contributed by atoms with van der Waals surface area (Å²) in [5.74, 6) is 0.204. The molecule has 10 heteroatoms. The molecule has 0 fully saturated rings. The summed E-state index contributed by atoms with van der Waals surface area (Å²) in [7, 11) is 0. The second kappa shape index (κ2) is 7.16. The van der Waals surface area contributed by atoms with Gasteiger partial charge in [0.2, 0.25) is 5.91 Å². The third-order valence-corrected chi connectivity index (χ3v) is 5.62. The van der Waals surface area contributed by atoms with Crippen LogP contribution in [-0.2, 0) is 4.79 Å². The molecule has 148 valence electrons. The van der Waals surface area contributed by atoms with Crippen LogP contribution >= 0.6 is 11.8 Å². The van der Waals surface area contributed by atoms with E-state index in [0.717, 1.165) is 16.3 Å². The van der Waals surface area contributed by atoms with Crippen molar-refractivity contribution < 1.29 is 14.7 Å². The number of nitrogens with one attached hydrogen (secondary N) is 3. The van der Waals surface area contributed by atoms with Gasteiger partial charge in [-0.1, -0.05) is 12.1 Å². The number of carboxylic acids is 1. The zero-order valence-corrected chi connectivity index (χ0v) is 16.2. The van der Waals surface area contributed by atoms with Gasteiger partial charge in [-0.3, -0.25) is 9.89 Å². The molecule has 0 unspecified atom stereocenters. The SMILES string of the molecule is O=C1CSc2ccc(Nc3nc(-c4cccc(C(=O)O)c4)nc4cn[nH]c34)cc2N1. The number of carboxylic acid groups (broad SMARTS) is 1. The highest BCUT2D eigenvalue weighted by Crippen LogP contribution is 2.35. The number of aromatic carboxylic acids is 1. The zero-order valence-electron chi connectivity index (χ0n) is 15.3. The number of thioether (sulfide) groups is 1. The Morgan fingerprint density at radius 2 is 2.07 bits per heavy atom. The van der Waals surface area contributed by atoms with E-state index in [1.807, 2.05) is 18.2 Å². The van der Waals surface area contributed by atoms with Gasteiger partial charge < -0.3 is 15.7 Å². The van der Waals surface area contributed by atoms with Crippen LogP contribution in [0.15, 0.2) is 53.6 Å². The minimum atomic E-state index is -1.02. The Morgan fingerprint density at radius 3 is 2.93 bits per heavy atom. The first kappa shape index (κ1) is 18.1. The van der Waals surface area contributed by atoms with E-state index in [0.29, 0.717) is 34.0 Å². The molecule has 0 saturated heterocycles. The topological polar surface area (TPSA) is 133 Å². The Hall–Kier alpha value is -3.92. The maximum absolute atomic E-state index is 11.7. The summed E-state index contributed by atoms with van der Waals surface area (Å²) in [5, 5.41) is 22.3. The molecule has 1 aliphatic heterocycles. The number of H-pyrrole nitrogens is 1. The predicted octanol–water partition coefficient (Wildman–Crippen LogP) is 3.51. The lowest BCUT2D eigenvalue weighted by Crippen LogP contribution is -2.18. The maximum Gasteiger partial charge on any atom is 0.335 e. The third kappa shape index (κ3) is 3.33. The van der Waals surface area contributed by atoms with Crippen LogP contribution in [0.1, 0.15) is 10.4 Å².